The second-order valence-electron chi connectivity index (χ2n) is 4.79. The van der Waals surface area contributed by atoms with Gasteiger partial charge in [-0.3, -0.25) is 0 Å². The lowest BCUT2D eigenvalue weighted by molar-refractivity contribution is 0.601. The van der Waals surface area contributed by atoms with Gasteiger partial charge in [-0.2, -0.15) is 0 Å². The van der Waals surface area contributed by atoms with E-state index in [-0.39, 0.29) is 5.38 Å². The lowest BCUT2D eigenvalue weighted by atomic mass is 10.0. The lowest BCUT2D eigenvalue weighted by Crippen LogP contribution is -1.94. The maximum atomic E-state index is 6.50. The Labute approximate surface area is 133 Å². The summed E-state index contributed by atoms with van der Waals surface area (Å²) in [4.78, 5) is 0. The highest BCUT2D eigenvalue weighted by Crippen LogP contribution is 2.35. The summed E-state index contributed by atoms with van der Waals surface area (Å²) in [6.07, 6.45) is 7.53. The van der Waals surface area contributed by atoms with Crippen molar-refractivity contribution in [3.8, 4) is 0 Å². The van der Waals surface area contributed by atoms with Crippen molar-refractivity contribution in [2.24, 2.45) is 0 Å². The van der Waals surface area contributed by atoms with Crippen molar-refractivity contribution in [2.75, 3.05) is 0 Å². The van der Waals surface area contributed by atoms with Gasteiger partial charge in [-0.1, -0.05) is 70.9 Å². The van der Waals surface area contributed by atoms with E-state index in [0.717, 1.165) is 15.4 Å². The molecule has 0 nitrogen and oxygen atoms in total. The molecule has 0 aliphatic rings. The number of benzene rings is 1. The number of unbranched alkanes of at least 4 members (excludes halogenated alkanes) is 4. The van der Waals surface area contributed by atoms with Crippen LogP contribution in [0.25, 0.3) is 0 Å². The molecule has 0 spiro atoms. The molecule has 0 saturated heterocycles. The standard InChI is InChI=1S/C15H21Br2Cl/c1-3-4-5-6-7-8-15(18)12-10-13(16)11(2)9-14(12)17/h9-10,15H,3-8H2,1-2H3. The third-order valence-electron chi connectivity index (χ3n) is 3.18. The summed E-state index contributed by atoms with van der Waals surface area (Å²) < 4.78 is 2.26. The minimum atomic E-state index is 0.109. The molecular formula is C15H21Br2Cl. The SMILES string of the molecule is CCCCCCCC(Cl)c1cc(Br)c(C)cc1Br. The summed E-state index contributed by atoms with van der Waals surface area (Å²) in [7, 11) is 0. The predicted octanol–water partition coefficient (Wildman–Crippen LogP) is 7.16. The van der Waals surface area contributed by atoms with Crippen LogP contribution in [0.2, 0.25) is 0 Å². The molecule has 0 heterocycles. The fraction of sp³-hybridized carbons (Fsp3) is 0.600. The quantitative estimate of drug-likeness (QED) is 0.339. The molecule has 1 rings (SSSR count). The minimum Gasteiger partial charge on any atom is -0.118 e. The number of hydrogen-bond acceptors (Lipinski definition) is 0. The highest BCUT2D eigenvalue weighted by molar-refractivity contribution is 9.11. The average Bonchev–Trinajstić information content (AvgIpc) is 2.33. The maximum absolute atomic E-state index is 6.50. The van der Waals surface area contributed by atoms with E-state index in [1.807, 2.05) is 0 Å². The molecule has 1 unspecified atom stereocenters. The molecule has 0 N–H and O–H groups in total. The zero-order valence-electron chi connectivity index (χ0n) is 11.1. The average molecular weight is 397 g/mol. The van der Waals surface area contributed by atoms with Gasteiger partial charge in [-0.25, -0.2) is 0 Å². The Hall–Kier alpha value is 0.470. The Balaban J connectivity index is 2.51. The highest BCUT2D eigenvalue weighted by atomic mass is 79.9. The van der Waals surface area contributed by atoms with Gasteiger partial charge in [-0.05, 0) is 36.6 Å². The van der Waals surface area contributed by atoms with Gasteiger partial charge in [0.2, 0.25) is 0 Å². The molecule has 0 radical (unpaired) electrons. The lowest BCUT2D eigenvalue weighted by Gasteiger charge is -2.13. The van der Waals surface area contributed by atoms with Crippen LogP contribution >= 0.6 is 43.5 Å². The van der Waals surface area contributed by atoms with Crippen LogP contribution in [0.1, 0.15) is 62.0 Å². The normalized spacial score (nSPS) is 12.7. The number of alkyl halides is 1. The van der Waals surface area contributed by atoms with Crippen LogP contribution in [0.5, 0.6) is 0 Å². The molecule has 0 aliphatic carbocycles. The van der Waals surface area contributed by atoms with Crippen LogP contribution < -0.4 is 0 Å². The van der Waals surface area contributed by atoms with Crippen LogP contribution in [0.4, 0.5) is 0 Å². The largest absolute Gasteiger partial charge is 0.118 e. The van der Waals surface area contributed by atoms with Crippen molar-refractivity contribution >= 4 is 43.5 Å². The number of aryl methyl sites for hydroxylation is 1. The van der Waals surface area contributed by atoms with Crippen molar-refractivity contribution < 1.29 is 0 Å². The van der Waals surface area contributed by atoms with E-state index >= 15 is 0 Å². The van der Waals surface area contributed by atoms with Crippen molar-refractivity contribution in [3.63, 3.8) is 0 Å². The van der Waals surface area contributed by atoms with E-state index in [4.69, 9.17) is 11.6 Å². The van der Waals surface area contributed by atoms with E-state index in [2.05, 4.69) is 57.8 Å². The van der Waals surface area contributed by atoms with E-state index < -0.39 is 0 Å². The summed E-state index contributed by atoms with van der Waals surface area (Å²) in [5, 5.41) is 0.109. The summed E-state index contributed by atoms with van der Waals surface area (Å²) in [5.41, 5.74) is 2.43. The Morgan fingerprint density at radius 3 is 2.39 bits per heavy atom. The zero-order valence-corrected chi connectivity index (χ0v) is 15.0. The monoisotopic (exact) mass is 394 g/mol. The van der Waals surface area contributed by atoms with Gasteiger partial charge >= 0.3 is 0 Å². The van der Waals surface area contributed by atoms with Gasteiger partial charge in [-0.15, -0.1) is 11.6 Å². The molecule has 0 aromatic heterocycles. The fourth-order valence-electron chi connectivity index (χ4n) is 1.98. The first-order valence-electron chi connectivity index (χ1n) is 6.65. The third kappa shape index (κ3) is 5.22. The Bertz CT molecular complexity index is 377. The van der Waals surface area contributed by atoms with E-state index in [9.17, 15) is 0 Å². The van der Waals surface area contributed by atoms with Gasteiger partial charge < -0.3 is 0 Å². The van der Waals surface area contributed by atoms with Crippen LogP contribution in [-0.4, -0.2) is 0 Å². The van der Waals surface area contributed by atoms with Gasteiger partial charge in [0.05, 0.1) is 5.38 Å². The molecule has 18 heavy (non-hydrogen) atoms. The van der Waals surface area contributed by atoms with Gasteiger partial charge in [0.1, 0.15) is 0 Å². The summed E-state index contributed by atoms with van der Waals surface area (Å²) in [6.45, 7) is 4.33. The van der Waals surface area contributed by atoms with E-state index in [1.165, 1.54) is 43.2 Å². The van der Waals surface area contributed by atoms with Gasteiger partial charge in [0, 0.05) is 8.95 Å². The molecule has 3 heteroatoms. The first-order valence-corrected chi connectivity index (χ1v) is 8.68. The third-order valence-corrected chi connectivity index (χ3v) is 5.17. The molecular weight excluding hydrogens is 375 g/mol. The van der Waals surface area contributed by atoms with Crippen molar-refractivity contribution in [1.29, 1.82) is 0 Å². The predicted molar refractivity (Wildman–Crippen MR) is 88.5 cm³/mol. The maximum Gasteiger partial charge on any atom is 0.0596 e. The summed E-state index contributed by atoms with van der Waals surface area (Å²) in [6, 6.07) is 4.27. The smallest absolute Gasteiger partial charge is 0.0596 e. The number of rotatable bonds is 7. The molecule has 0 aliphatic heterocycles. The van der Waals surface area contributed by atoms with Crippen molar-refractivity contribution in [1.82, 2.24) is 0 Å². The molecule has 1 atom stereocenters. The molecule has 0 saturated carbocycles. The van der Waals surface area contributed by atoms with E-state index in [1.54, 1.807) is 0 Å². The topological polar surface area (TPSA) is 0 Å². The van der Waals surface area contributed by atoms with Crippen LogP contribution in [0.3, 0.4) is 0 Å². The van der Waals surface area contributed by atoms with Crippen molar-refractivity contribution in [2.45, 2.75) is 57.7 Å². The number of hydrogen-bond donors (Lipinski definition) is 0. The number of halogens is 3. The van der Waals surface area contributed by atoms with Gasteiger partial charge in [0.15, 0.2) is 0 Å². The van der Waals surface area contributed by atoms with Crippen LogP contribution in [0, 0.1) is 6.92 Å². The zero-order chi connectivity index (χ0) is 13.5. The van der Waals surface area contributed by atoms with Crippen LogP contribution in [0.15, 0.2) is 21.1 Å². The Morgan fingerprint density at radius 1 is 1.06 bits per heavy atom. The first-order chi connectivity index (χ1) is 8.56. The molecule has 1 aromatic carbocycles. The second kappa shape index (κ2) is 8.60. The Kier molecular flexibility index (Phi) is 7.90. The summed E-state index contributed by atoms with van der Waals surface area (Å²) in [5.74, 6) is 0. The van der Waals surface area contributed by atoms with E-state index in [0.29, 0.717) is 0 Å². The second-order valence-corrected chi connectivity index (χ2v) is 7.03. The fourth-order valence-corrected chi connectivity index (χ4v) is 3.55. The first kappa shape index (κ1) is 16.5. The molecule has 0 fully saturated rings. The summed E-state index contributed by atoms with van der Waals surface area (Å²) >= 11 is 13.7. The van der Waals surface area contributed by atoms with Crippen LogP contribution in [-0.2, 0) is 0 Å². The Morgan fingerprint density at radius 2 is 1.72 bits per heavy atom. The molecule has 1 aromatic rings. The van der Waals surface area contributed by atoms with Gasteiger partial charge in [0.25, 0.3) is 0 Å². The minimum absolute atomic E-state index is 0.109. The molecule has 0 bridgehead atoms. The van der Waals surface area contributed by atoms with Crippen molar-refractivity contribution in [3.05, 3.63) is 32.2 Å². The molecule has 0 amide bonds. The highest BCUT2D eigenvalue weighted by Gasteiger charge is 2.13. The molecule has 102 valence electrons.